The largest absolute Gasteiger partial charge is 0.356 e. The van der Waals surface area contributed by atoms with Gasteiger partial charge in [0.05, 0.1) is 0 Å². The molecule has 24 heavy (non-hydrogen) atoms. The maximum atomic E-state index is 5.88. The zero-order valence-corrected chi connectivity index (χ0v) is 17.4. The average molecular weight is 477 g/mol. The second-order valence-corrected chi connectivity index (χ2v) is 6.40. The molecular formula is C17H22ClIN4S. The zero-order chi connectivity index (χ0) is 16.3. The van der Waals surface area contributed by atoms with Gasteiger partial charge in [-0.15, -0.1) is 35.7 Å². The third-order valence-corrected chi connectivity index (χ3v) is 4.37. The number of guanidine groups is 1. The van der Waals surface area contributed by atoms with Crippen LogP contribution in [0.25, 0.3) is 0 Å². The summed E-state index contributed by atoms with van der Waals surface area (Å²) in [7, 11) is 1.78. The SMILES string of the molecule is CN=C(NCCSc1ccc(Cl)cc1)NCCc1ccccn1.I. The number of benzene rings is 1. The van der Waals surface area contributed by atoms with Crippen molar-refractivity contribution in [3.63, 3.8) is 0 Å². The number of hydrogen-bond acceptors (Lipinski definition) is 3. The van der Waals surface area contributed by atoms with Gasteiger partial charge in [-0.1, -0.05) is 17.7 Å². The van der Waals surface area contributed by atoms with Crippen LogP contribution in [0.5, 0.6) is 0 Å². The molecule has 0 aliphatic carbocycles. The van der Waals surface area contributed by atoms with E-state index in [0.717, 1.165) is 41.9 Å². The molecule has 1 heterocycles. The van der Waals surface area contributed by atoms with Crippen molar-refractivity contribution in [1.82, 2.24) is 15.6 Å². The van der Waals surface area contributed by atoms with Gasteiger partial charge in [0.2, 0.25) is 0 Å². The third kappa shape index (κ3) is 8.21. The molecule has 0 spiro atoms. The van der Waals surface area contributed by atoms with Crippen molar-refractivity contribution in [1.29, 1.82) is 0 Å². The standard InChI is InChI=1S/C17H21ClN4S.HI/c1-19-17(21-11-9-15-4-2-3-10-20-15)22-12-13-23-16-7-5-14(18)6-8-16;/h2-8,10H,9,11-13H2,1H3,(H2,19,21,22);1H. The highest BCUT2D eigenvalue weighted by Crippen LogP contribution is 2.19. The molecule has 2 rings (SSSR count). The van der Waals surface area contributed by atoms with Gasteiger partial charge in [-0.2, -0.15) is 0 Å². The molecule has 1 aromatic heterocycles. The van der Waals surface area contributed by atoms with Crippen LogP contribution in [0.2, 0.25) is 5.02 Å². The molecule has 4 nitrogen and oxygen atoms in total. The number of aliphatic imine (C=N–C) groups is 1. The van der Waals surface area contributed by atoms with E-state index in [1.54, 1.807) is 18.8 Å². The lowest BCUT2D eigenvalue weighted by Crippen LogP contribution is -2.39. The minimum absolute atomic E-state index is 0. The number of thioether (sulfide) groups is 1. The normalized spacial score (nSPS) is 10.8. The van der Waals surface area contributed by atoms with E-state index in [9.17, 15) is 0 Å². The topological polar surface area (TPSA) is 49.3 Å². The van der Waals surface area contributed by atoms with Crippen LogP contribution in [-0.4, -0.2) is 36.8 Å². The molecule has 0 saturated carbocycles. The van der Waals surface area contributed by atoms with Crippen molar-refractivity contribution >= 4 is 53.3 Å². The third-order valence-electron chi connectivity index (χ3n) is 3.10. The van der Waals surface area contributed by atoms with E-state index < -0.39 is 0 Å². The maximum absolute atomic E-state index is 5.88. The molecule has 0 bridgehead atoms. The second-order valence-electron chi connectivity index (χ2n) is 4.80. The number of nitrogens with one attached hydrogen (secondary N) is 2. The number of halogens is 2. The molecule has 0 radical (unpaired) electrons. The Hall–Kier alpha value is -0.990. The molecule has 2 aromatic rings. The van der Waals surface area contributed by atoms with Crippen LogP contribution in [0.15, 0.2) is 58.5 Å². The first-order valence-corrected chi connectivity index (χ1v) is 8.87. The Balaban J connectivity index is 0.00000288. The molecule has 7 heteroatoms. The van der Waals surface area contributed by atoms with Crippen molar-refractivity contribution in [2.45, 2.75) is 11.3 Å². The quantitative estimate of drug-likeness (QED) is 0.209. The average Bonchev–Trinajstić information content (AvgIpc) is 2.59. The van der Waals surface area contributed by atoms with Crippen LogP contribution >= 0.6 is 47.3 Å². The Kier molecular flexibility index (Phi) is 10.9. The van der Waals surface area contributed by atoms with Crippen molar-refractivity contribution in [2.75, 3.05) is 25.9 Å². The number of nitrogens with zero attached hydrogens (tertiary/aromatic N) is 2. The summed E-state index contributed by atoms with van der Waals surface area (Å²) in [6.45, 7) is 1.65. The van der Waals surface area contributed by atoms with Crippen LogP contribution in [0.4, 0.5) is 0 Å². The Labute approximate surface area is 169 Å². The molecule has 0 amide bonds. The van der Waals surface area contributed by atoms with Gasteiger partial charge in [-0.25, -0.2) is 0 Å². The Morgan fingerprint density at radius 2 is 1.88 bits per heavy atom. The van der Waals surface area contributed by atoms with Gasteiger partial charge in [0.1, 0.15) is 0 Å². The summed E-state index contributed by atoms with van der Waals surface area (Å²) in [6.07, 6.45) is 2.69. The van der Waals surface area contributed by atoms with Crippen LogP contribution in [-0.2, 0) is 6.42 Å². The summed E-state index contributed by atoms with van der Waals surface area (Å²) in [5.74, 6) is 1.78. The van der Waals surface area contributed by atoms with E-state index in [1.165, 1.54) is 4.90 Å². The van der Waals surface area contributed by atoms with Gasteiger partial charge < -0.3 is 10.6 Å². The highest BCUT2D eigenvalue weighted by molar-refractivity contribution is 14.0. The van der Waals surface area contributed by atoms with Crippen molar-refractivity contribution in [2.24, 2.45) is 4.99 Å². The first-order chi connectivity index (χ1) is 11.3. The molecule has 0 aliphatic rings. The molecule has 130 valence electrons. The maximum Gasteiger partial charge on any atom is 0.191 e. The highest BCUT2D eigenvalue weighted by atomic mass is 127. The number of rotatable bonds is 7. The van der Waals surface area contributed by atoms with Crippen LogP contribution in [0.1, 0.15) is 5.69 Å². The minimum atomic E-state index is 0. The van der Waals surface area contributed by atoms with Crippen LogP contribution in [0, 0.1) is 0 Å². The monoisotopic (exact) mass is 476 g/mol. The molecular weight excluding hydrogens is 455 g/mol. The molecule has 0 saturated heterocycles. The first kappa shape index (κ1) is 21.1. The zero-order valence-electron chi connectivity index (χ0n) is 13.5. The van der Waals surface area contributed by atoms with E-state index in [4.69, 9.17) is 11.6 Å². The van der Waals surface area contributed by atoms with Gasteiger partial charge in [0.25, 0.3) is 0 Å². The van der Waals surface area contributed by atoms with Gasteiger partial charge in [-0.05, 0) is 36.4 Å². The highest BCUT2D eigenvalue weighted by Gasteiger charge is 1.99. The fourth-order valence-corrected chi connectivity index (χ4v) is 2.84. The molecule has 0 fully saturated rings. The van der Waals surface area contributed by atoms with Crippen molar-refractivity contribution in [3.05, 3.63) is 59.4 Å². The molecule has 0 atom stereocenters. The van der Waals surface area contributed by atoms with E-state index in [0.29, 0.717) is 0 Å². The Morgan fingerprint density at radius 1 is 1.12 bits per heavy atom. The van der Waals surface area contributed by atoms with Gasteiger partial charge in [0.15, 0.2) is 5.96 Å². The summed E-state index contributed by atoms with van der Waals surface area (Å²) in [5, 5.41) is 7.37. The first-order valence-electron chi connectivity index (χ1n) is 7.51. The van der Waals surface area contributed by atoms with Gasteiger partial charge >= 0.3 is 0 Å². The van der Waals surface area contributed by atoms with Crippen LogP contribution in [0.3, 0.4) is 0 Å². The summed E-state index contributed by atoms with van der Waals surface area (Å²) in [4.78, 5) is 9.74. The lowest BCUT2D eigenvalue weighted by atomic mass is 10.3. The summed E-state index contributed by atoms with van der Waals surface area (Å²) < 4.78 is 0. The van der Waals surface area contributed by atoms with Crippen LogP contribution < -0.4 is 10.6 Å². The predicted molar refractivity (Wildman–Crippen MR) is 115 cm³/mol. The fourth-order valence-electron chi connectivity index (χ4n) is 1.94. The molecule has 0 unspecified atom stereocenters. The Morgan fingerprint density at radius 3 is 2.54 bits per heavy atom. The minimum Gasteiger partial charge on any atom is -0.356 e. The van der Waals surface area contributed by atoms with E-state index in [-0.39, 0.29) is 24.0 Å². The summed E-state index contributed by atoms with van der Waals surface area (Å²) >= 11 is 7.66. The molecule has 0 aliphatic heterocycles. The summed E-state index contributed by atoms with van der Waals surface area (Å²) in [5.41, 5.74) is 1.08. The number of aromatic nitrogens is 1. The smallest absolute Gasteiger partial charge is 0.191 e. The second kappa shape index (κ2) is 12.4. The molecule has 1 aromatic carbocycles. The lowest BCUT2D eigenvalue weighted by Gasteiger charge is -2.11. The molecule has 2 N–H and O–H groups in total. The fraction of sp³-hybridized carbons (Fsp3) is 0.294. The van der Waals surface area contributed by atoms with Gasteiger partial charge in [0, 0.05) is 54.1 Å². The number of hydrogen-bond donors (Lipinski definition) is 2. The Bertz CT molecular complexity index is 608. The van der Waals surface area contributed by atoms with E-state index >= 15 is 0 Å². The lowest BCUT2D eigenvalue weighted by molar-refractivity contribution is 0.798. The predicted octanol–water partition coefficient (Wildman–Crippen LogP) is 3.85. The van der Waals surface area contributed by atoms with E-state index in [1.807, 2.05) is 48.7 Å². The van der Waals surface area contributed by atoms with E-state index in [2.05, 4.69) is 20.6 Å². The summed E-state index contributed by atoms with van der Waals surface area (Å²) in [6, 6.07) is 13.9. The number of pyridine rings is 1. The van der Waals surface area contributed by atoms with Crippen molar-refractivity contribution in [3.8, 4) is 0 Å². The van der Waals surface area contributed by atoms with Crippen molar-refractivity contribution < 1.29 is 0 Å². The van der Waals surface area contributed by atoms with Gasteiger partial charge in [-0.3, -0.25) is 9.98 Å².